The minimum Gasteiger partial charge on any atom is -0.365 e. The zero-order chi connectivity index (χ0) is 31.1. The molecule has 0 spiro atoms. The fourth-order valence-corrected chi connectivity index (χ4v) is 5.93. The molecule has 8 aromatic rings. The molecule has 0 unspecified atom stereocenters. The van der Waals surface area contributed by atoms with E-state index in [0.29, 0.717) is 11.6 Å². The second kappa shape index (κ2) is 9.46. The van der Waals surface area contributed by atoms with E-state index in [1.807, 2.05) is 29.2 Å². The molecule has 0 radical (unpaired) electrons. The second-order valence-corrected chi connectivity index (χ2v) is 13.5. The number of aromatic amines is 2. The first kappa shape index (κ1) is 27.0. The van der Waals surface area contributed by atoms with Crippen LogP contribution in [0.15, 0.2) is 80.2 Å². The third-order valence-corrected chi connectivity index (χ3v) is 8.32. The number of hydrogen-bond donors (Lipinski definition) is 4. The van der Waals surface area contributed by atoms with Gasteiger partial charge in [-0.3, -0.25) is 0 Å². The molecule has 11 heteroatoms. The molecule has 11 nitrogen and oxygen atoms in total. The Labute approximate surface area is 259 Å². The van der Waals surface area contributed by atoms with Crippen molar-refractivity contribution in [3.05, 3.63) is 80.2 Å². The van der Waals surface area contributed by atoms with Crippen LogP contribution >= 0.6 is 0 Å². The van der Waals surface area contributed by atoms with Gasteiger partial charge >= 0.3 is 0 Å². The third-order valence-electron chi connectivity index (χ3n) is 8.32. The minimum atomic E-state index is -0.00725. The molecule has 7 aromatic heterocycles. The van der Waals surface area contributed by atoms with Crippen LogP contribution in [0.5, 0.6) is 0 Å². The summed E-state index contributed by atoms with van der Waals surface area (Å²) in [5.74, 6) is 1.08. The lowest BCUT2D eigenvalue weighted by Gasteiger charge is -2.20. The van der Waals surface area contributed by atoms with Crippen molar-refractivity contribution in [1.82, 2.24) is 43.4 Å². The highest BCUT2D eigenvalue weighted by atomic mass is 15.2. The van der Waals surface area contributed by atoms with Crippen LogP contribution in [0.1, 0.15) is 41.5 Å². The highest BCUT2D eigenvalue weighted by Gasteiger charge is 2.24. The fourth-order valence-electron chi connectivity index (χ4n) is 5.93. The summed E-state index contributed by atoms with van der Waals surface area (Å²) in [4.78, 5) is 25.8. The van der Waals surface area contributed by atoms with Gasteiger partial charge in [-0.05, 0) is 65.8 Å². The fraction of sp³-hybridized carbons (Fsp3) is 0.235. The zero-order valence-electron chi connectivity index (χ0n) is 26.1. The van der Waals surface area contributed by atoms with Gasteiger partial charge in [-0.2, -0.15) is 0 Å². The topological polar surface area (TPSA) is 121 Å². The monoisotopic (exact) mass is 597 g/mol. The summed E-state index contributed by atoms with van der Waals surface area (Å²) in [7, 11) is 0. The summed E-state index contributed by atoms with van der Waals surface area (Å²) in [5, 5.41) is 9.17. The van der Waals surface area contributed by atoms with Crippen molar-refractivity contribution in [3.8, 4) is 22.5 Å². The van der Waals surface area contributed by atoms with Gasteiger partial charge in [0.2, 0.25) is 11.6 Å². The standard InChI is InChI=1S/C34H35N11/c1-33(2,3)43-11-9-20(17-43)39-26-15-35-13-24(26)28-22-7-8-23-29(42-32-38-19-37-31(41-28)45(32)30(22)23)25-14-36-16-27(25)40-21-10-12-44(18-21)34(4,5)6/h7-19,35-36,39-40H,1-6H3. The Morgan fingerprint density at radius 2 is 1.09 bits per heavy atom. The van der Waals surface area contributed by atoms with Crippen LogP contribution in [0.4, 0.5) is 22.7 Å². The van der Waals surface area contributed by atoms with E-state index in [2.05, 4.69) is 130 Å². The number of nitrogens with one attached hydrogen (secondary N) is 4. The summed E-state index contributed by atoms with van der Waals surface area (Å²) < 4.78 is 6.34. The molecule has 4 N–H and O–H groups in total. The van der Waals surface area contributed by atoms with Crippen LogP contribution in [0, 0.1) is 0 Å². The maximum absolute atomic E-state index is 5.04. The summed E-state index contributed by atoms with van der Waals surface area (Å²) >= 11 is 0. The van der Waals surface area contributed by atoms with E-state index in [-0.39, 0.29) is 11.1 Å². The molecule has 0 bridgehead atoms. The average molecular weight is 598 g/mol. The van der Waals surface area contributed by atoms with Crippen molar-refractivity contribution in [2.75, 3.05) is 10.6 Å². The highest BCUT2D eigenvalue weighted by Crippen LogP contribution is 2.41. The maximum Gasteiger partial charge on any atom is 0.239 e. The lowest BCUT2D eigenvalue weighted by molar-refractivity contribution is 0.398. The predicted octanol–water partition coefficient (Wildman–Crippen LogP) is 7.85. The first-order chi connectivity index (χ1) is 21.5. The summed E-state index contributed by atoms with van der Waals surface area (Å²) in [5.41, 5.74) is 8.41. The van der Waals surface area contributed by atoms with E-state index in [4.69, 9.17) is 9.97 Å². The molecule has 0 saturated carbocycles. The molecule has 0 saturated heterocycles. The van der Waals surface area contributed by atoms with Crippen LogP contribution in [0.3, 0.4) is 0 Å². The van der Waals surface area contributed by atoms with Crippen molar-refractivity contribution in [3.63, 3.8) is 0 Å². The van der Waals surface area contributed by atoms with Crippen LogP contribution in [0.25, 0.3) is 50.4 Å². The predicted molar refractivity (Wildman–Crippen MR) is 180 cm³/mol. The lowest BCUT2D eigenvalue weighted by Crippen LogP contribution is -2.19. The first-order valence-electron chi connectivity index (χ1n) is 15.1. The molecule has 8 rings (SSSR count). The molecule has 0 amide bonds. The van der Waals surface area contributed by atoms with Crippen molar-refractivity contribution < 1.29 is 0 Å². The number of hydrogen-bond acceptors (Lipinski definition) is 6. The van der Waals surface area contributed by atoms with Gasteiger partial charge in [0, 0.05) is 82.6 Å². The van der Waals surface area contributed by atoms with Gasteiger partial charge < -0.3 is 29.7 Å². The Kier molecular flexibility index (Phi) is 5.68. The van der Waals surface area contributed by atoms with Crippen LogP contribution in [0.2, 0.25) is 0 Å². The minimum absolute atomic E-state index is 0.00725. The van der Waals surface area contributed by atoms with Crippen LogP contribution in [-0.4, -0.2) is 43.4 Å². The Morgan fingerprint density at radius 1 is 0.622 bits per heavy atom. The molecule has 0 fully saturated rings. The summed E-state index contributed by atoms with van der Waals surface area (Å²) in [6.07, 6.45) is 17.9. The Balaban J connectivity index is 1.24. The quantitative estimate of drug-likeness (QED) is 0.155. The van der Waals surface area contributed by atoms with Gasteiger partial charge in [-0.25, -0.2) is 24.3 Å². The van der Waals surface area contributed by atoms with E-state index in [1.165, 1.54) is 6.33 Å². The van der Waals surface area contributed by atoms with Gasteiger partial charge in [0.05, 0.1) is 39.7 Å². The molecule has 0 atom stereocenters. The van der Waals surface area contributed by atoms with Gasteiger partial charge in [0.1, 0.15) is 6.33 Å². The molecule has 7 heterocycles. The second-order valence-electron chi connectivity index (χ2n) is 13.5. The van der Waals surface area contributed by atoms with Gasteiger partial charge in [0.15, 0.2) is 0 Å². The largest absolute Gasteiger partial charge is 0.365 e. The number of H-pyrrole nitrogens is 2. The molecular weight excluding hydrogens is 562 g/mol. The van der Waals surface area contributed by atoms with Gasteiger partial charge in [0.25, 0.3) is 0 Å². The zero-order valence-corrected chi connectivity index (χ0v) is 26.1. The number of aromatic nitrogens is 9. The Hall–Kier alpha value is -5.58. The van der Waals surface area contributed by atoms with Crippen molar-refractivity contribution >= 4 is 50.6 Å². The van der Waals surface area contributed by atoms with Gasteiger partial charge in [-0.1, -0.05) is 0 Å². The number of rotatable bonds is 6. The molecule has 45 heavy (non-hydrogen) atoms. The van der Waals surface area contributed by atoms with Crippen molar-refractivity contribution in [1.29, 1.82) is 0 Å². The summed E-state index contributed by atoms with van der Waals surface area (Å²) in [6, 6.07) is 8.41. The Bertz CT molecular complexity index is 2150. The first-order valence-corrected chi connectivity index (χ1v) is 15.1. The highest BCUT2D eigenvalue weighted by molar-refractivity contribution is 6.12. The number of anilines is 4. The van der Waals surface area contributed by atoms with E-state index < -0.39 is 0 Å². The maximum atomic E-state index is 5.04. The molecular formula is C34H35N11. The van der Waals surface area contributed by atoms with Crippen molar-refractivity contribution in [2.24, 2.45) is 0 Å². The third kappa shape index (κ3) is 4.42. The average Bonchev–Trinajstić information content (AvgIpc) is 3.82. The molecule has 0 aliphatic rings. The van der Waals surface area contributed by atoms with E-state index in [9.17, 15) is 0 Å². The van der Waals surface area contributed by atoms with E-state index in [1.54, 1.807) is 0 Å². The summed E-state index contributed by atoms with van der Waals surface area (Å²) in [6.45, 7) is 13.1. The normalized spacial score (nSPS) is 12.7. The number of nitrogens with zero attached hydrogens (tertiary/aromatic N) is 7. The van der Waals surface area contributed by atoms with Crippen LogP contribution in [-0.2, 0) is 11.1 Å². The van der Waals surface area contributed by atoms with E-state index >= 15 is 0 Å². The Morgan fingerprint density at radius 3 is 1.51 bits per heavy atom. The molecule has 0 aliphatic heterocycles. The van der Waals surface area contributed by atoms with Crippen LogP contribution < -0.4 is 10.6 Å². The van der Waals surface area contributed by atoms with Gasteiger partial charge in [-0.15, -0.1) is 0 Å². The lowest BCUT2D eigenvalue weighted by atomic mass is 10.1. The SMILES string of the molecule is CC(C)(C)n1ccc(Nc2c[nH]cc2-c2nc3ncnc4nc(-c5c[nH]cc5Nc5ccn(C(C)(C)C)c5)c5ccc2c5n34)c1. The van der Waals surface area contributed by atoms with E-state index in [0.717, 1.165) is 61.6 Å². The molecule has 226 valence electrons. The molecule has 0 aliphatic carbocycles. The smallest absolute Gasteiger partial charge is 0.239 e. The molecule has 1 aromatic carbocycles. The van der Waals surface area contributed by atoms with Crippen molar-refractivity contribution in [2.45, 2.75) is 52.6 Å².